The maximum Gasteiger partial charge on any atom is 0.192 e. The van der Waals surface area contributed by atoms with Crippen molar-refractivity contribution in [3.05, 3.63) is 24.3 Å². The molecule has 0 aromatic carbocycles. The van der Waals surface area contributed by atoms with E-state index in [1.54, 1.807) is 0 Å². The fraction of sp³-hybridized carbons (Fsp3) is 0.810. The third-order valence-electron chi connectivity index (χ3n) is 7.77. The van der Waals surface area contributed by atoms with Gasteiger partial charge in [0, 0.05) is 17.4 Å². The van der Waals surface area contributed by atoms with Crippen molar-refractivity contribution >= 4 is 8.32 Å². The fourth-order valence-corrected chi connectivity index (χ4v) is 7.04. The van der Waals surface area contributed by atoms with E-state index in [1.165, 1.54) is 5.57 Å². The largest absolute Gasteiger partial charge is 0.414 e. The molecule has 0 amide bonds. The first-order valence-electron chi connectivity index (χ1n) is 9.52. The zero-order valence-electron chi connectivity index (χ0n) is 16.8. The fourth-order valence-electron chi connectivity index (χ4n) is 5.68. The van der Waals surface area contributed by atoms with Crippen molar-refractivity contribution in [3.8, 4) is 0 Å². The Morgan fingerprint density at radius 1 is 1.33 bits per heavy atom. The van der Waals surface area contributed by atoms with Crippen molar-refractivity contribution in [1.82, 2.24) is 0 Å². The van der Waals surface area contributed by atoms with Gasteiger partial charge in [-0.25, -0.2) is 0 Å². The van der Waals surface area contributed by atoms with Crippen molar-refractivity contribution in [2.24, 2.45) is 29.1 Å². The van der Waals surface area contributed by atoms with Crippen LogP contribution in [0.1, 0.15) is 48.0 Å². The quantitative estimate of drug-likeness (QED) is 0.564. The Morgan fingerprint density at radius 3 is 2.42 bits per heavy atom. The first-order valence-corrected chi connectivity index (χ1v) is 12.4. The van der Waals surface area contributed by atoms with Crippen molar-refractivity contribution < 1.29 is 9.53 Å². The van der Waals surface area contributed by atoms with Crippen molar-refractivity contribution in [3.63, 3.8) is 0 Å². The Morgan fingerprint density at radius 2 is 1.92 bits per heavy atom. The van der Waals surface area contributed by atoms with Gasteiger partial charge in [0.1, 0.15) is 0 Å². The molecular formula is C21H36O2Si. The minimum absolute atomic E-state index is 0.0798. The van der Waals surface area contributed by atoms with Gasteiger partial charge >= 0.3 is 0 Å². The SMILES string of the molecule is C=C(C)[C@H]1[C@H]2[C@@H](O[Si](C)(C)C(C)(C)C)C[C@@H](C)[C@@H]3C=C[C@@](C)(O)[C@]231. The van der Waals surface area contributed by atoms with Gasteiger partial charge in [-0.15, -0.1) is 0 Å². The van der Waals surface area contributed by atoms with Crippen LogP contribution in [0.25, 0.3) is 0 Å². The number of aliphatic hydroxyl groups is 1. The Hall–Kier alpha value is -0.383. The molecule has 24 heavy (non-hydrogen) atoms. The molecule has 2 nitrogen and oxygen atoms in total. The highest BCUT2D eigenvalue weighted by Gasteiger charge is 2.80. The minimum Gasteiger partial charge on any atom is -0.414 e. The molecule has 0 radical (unpaired) electrons. The summed E-state index contributed by atoms with van der Waals surface area (Å²) in [5.41, 5.74) is 0.394. The number of hydrogen-bond donors (Lipinski definition) is 1. The minimum atomic E-state index is -1.83. The van der Waals surface area contributed by atoms with Crippen LogP contribution in [0.3, 0.4) is 0 Å². The second-order valence-electron chi connectivity index (χ2n) is 10.4. The molecule has 7 atom stereocenters. The van der Waals surface area contributed by atoms with E-state index in [1.807, 2.05) is 6.92 Å². The molecule has 136 valence electrons. The lowest BCUT2D eigenvalue weighted by atomic mass is 9.67. The van der Waals surface area contributed by atoms with Crippen LogP contribution in [0.2, 0.25) is 18.1 Å². The maximum atomic E-state index is 11.2. The molecule has 0 bridgehead atoms. The van der Waals surface area contributed by atoms with Crippen LogP contribution < -0.4 is 0 Å². The second kappa shape index (κ2) is 5.08. The molecular weight excluding hydrogens is 312 g/mol. The number of allylic oxidation sites excluding steroid dienone is 2. The molecule has 3 aliphatic carbocycles. The smallest absolute Gasteiger partial charge is 0.192 e. The lowest BCUT2D eigenvalue weighted by molar-refractivity contribution is -0.0427. The Kier molecular flexibility index (Phi) is 3.90. The summed E-state index contributed by atoms with van der Waals surface area (Å²) < 4.78 is 6.90. The Bertz CT molecular complexity index is 583. The summed E-state index contributed by atoms with van der Waals surface area (Å²) in [7, 11) is -1.83. The molecule has 3 aliphatic rings. The summed E-state index contributed by atoms with van der Waals surface area (Å²) in [6.07, 6.45) is 5.70. The molecule has 2 saturated carbocycles. The third-order valence-corrected chi connectivity index (χ3v) is 12.3. The van der Waals surface area contributed by atoms with Crippen LogP contribution in [0.4, 0.5) is 0 Å². The highest BCUT2D eigenvalue weighted by Crippen LogP contribution is 2.79. The van der Waals surface area contributed by atoms with E-state index < -0.39 is 13.9 Å². The van der Waals surface area contributed by atoms with Crippen LogP contribution in [-0.2, 0) is 4.43 Å². The van der Waals surface area contributed by atoms with E-state index in [0.717, 1.165) is 6.42 Å². The standard InChI is InChI=1S/C21H36O2Si/c1-13(2)17-18-16(23-24(8,9)19(4,5)6)12-14(3)15-10-11-20(7,22)21(15,17)18/h10-11,14-18,22H,1,12H2,2-9H3/t14-,15+,16+,17+,18-,20-,21-/m1/s1. The second-order valence-corrected chi connectivity index (χ2v) is 15.2. The summed E-state index contributed by atoms with van der Waals surface area (Å²) in [6.45, 7) is 22.4. The average Bonchev–Trinajstić information content (AvgIpc) is 3.01. The maximum absolute atomic E-state index is 11.2. The molecule has 0 saturated heterocycles. The van der Waals surface area contributed by atoms with E-state index in [-0.39, 0.29) is 16.6 Å². The van der Waals surface area contributed by atoms with E-state index in [2.05, 4.69) is 66.4 Å². The van der Waals surface area contributed by atoms with E-state index in [9.17, 15) is 5.11 Å². The highest BCUT2D eigenvalue weighted by atomic mass is 28.4. The van der Waals surface area contributed by atoms with Gasteiger partial charge in [-0.1, -0.05) is 52.0 Å². The van der Waals surface area contributed by atoms with E-state index >= 15 is 0 Å². The van der Waals surface area contributed by atoms with Gasteiger partial charge in [-0.2, -0.15) is 0 Å². The van der Waals surface area contributed by atoms with Gasteiger partial charge in [-0.05, 0) is 56.2 Å². The molecule has 3 rings (SSSR count). The number of rotatable bonds is 3. The molecule has 0 unspecified atom stereocenters. The molecule has 0 aliphatic heterocycles. The summed E-state index contributed by atoms with van der Waals surface area (Å²) in [6, 6.07) is 0. The molecule has 1 spiro atoms. The van der Waals surface area contributed by atoms with Gasteiger partial charge in [-0.3, -0.25) is 0 Å². The normalized spacial score (nSPS) is 47.3. The van der Waals surface area contributed by atoms with Crippen LogP contribution in [0.15, 0.2) is 24.3 Å². The van der Waals surface area contributed by atoms with Crippen LogP contribution in [0, 0.1) is 29.1 Å². The predicted molar refractivity (Wildman–Crippen MR) is 103 cm³/mol. The van der Waals surface area contributed by atoms with Crippen LogP contribution in [-0.4, -0.2) is 25.1 Å². The molecule has 2 fully saturated rings. The summed E-state index contributed by atoms with van der Waals surface area (Å²) >= 11 is 0. The lowest BCUT2D eigenvalue weighted by Gasteiger charge is -2.45. The third kappa shape index (κ3) is 2.20. The van der Waals surface area contributed by atoms with Crippen molar-refractivity contribution in [2.75, 3.05) is 0 Å². The zero-order valence-corrected chi connectivity index (χ0v) is 17.8. The first-order chi connectivity index (χ1) is 10.8. The zero-order chi connectivity index (χ0) is 18.3. The lowest BCUT2D eigenvalue weighted by Crippen LogP contribution is -2.50. The summed E-state index contributed by atoms with van der Waals surface area (Å²) in [5, 5.41) is 11.4. The highest BCUT2D eigenvalue weighted by molar-refractivity contribution is 6.74. The monoisotopic (exact) mass is 348 g/mol. The van der Waals surface area contributed by atoms with Gasteiger partial charge in [0.25, 0.3) is 0 Å². The molecule has 0 aromatic rings. The van der Waals surface area contributed by atoms with Gasteiger partial charge in [0.15, 0.2) is 8.32 Å². The molecule has 3 heteroatoms. The summed E-state index contributed by atoms with van der Waals surface area (Å²) in [4.78, 5) is 0. The predicted octanol–water partition coefficient (Wildman–Crippen LogP) is 5.16. The van der Waals surface area contributed by atoms with E-state index in [0.29, 0.717) is 23.7 Å². The van der Waals surface area contributed by atoms with Gasteiger partial charge < -0.3 is 9.53 Å². The first kappa shape index (κ1) is 18.4. The van der Waals surface area contributed by atoms with Crippen LogP contribution in [0.5, 0.6) is 0 Å². The Balaban J connectivity index is 1.97. The van der Waals surface area contributed by atoms with Crippen molar-refractivity contribution in [1.29, 1.82) is 0 Å². The van der Waals surface area contributed by atoms with Gasteiger partial charge in [0.05, 0.1) is 5.60 Å². The van der Waals surface area contributed by atoms with E-state index in [4.69, 9.17) is 4.43 Å². The van der Waals surface area contributed by atoms with Crippen LogP contribution >= 0.6 is 0 Å². The molecule has 1 N–H and O–H groups in total. The molecule has 0 heterocycles. The Labute approximate surface area is 149 Å². The topological polar surface area (TPSA) is 29.5 Å². The summed E-state index contributed by atoms with van der Waals surface area (Å²) in [5.74, 6) is 1.80. The molecule has 0 aromatic heterocycles. The van der Waals surface area contributed by atoms with Crippen molar-refractivity contribution in [2.45, 2.75) is 77.8 Å². The van der Waals surface area contributed by atoms with Gasteiger partial charge in [0.2, 0.25) is 0 Å². The average molecular weight is 349 g/mol. The number of hydrogen-bond acceptors (Lipinski definition) is 2.